The summed E-state index contributed by atoms with van der Waals surface area (Å²) >= 11 is 1.74. The average molecular weight is 254 g/mol. The Morgan fingerprint density at radius 1 is 1.59 bits per heavy atom. The number of aromatic nitrogens is 1. The van der Waals surface area contributed by atoms with Crippen molar-refractivity contribution >= 4 is 17.7 Å². The van der Waals surface area contributed by atoms with Crippen LogP contribution in [-0.4, -0.2) is 29.9 Å². The van der Waals surface area contributed by atoms with Crippen LogP contribution in [0.15, 0.2) is 18.5 Å². The molecule has 4 nitrogen and oxygen atoms in total. The first kappa shape index (κ1) is 14.0. The summed E-state index contributed by atoms with van der Waals surface area (Å²) < 4.78 is 4.56. The summed E-state index contributed by atoms with van der Waals surface area (Å²) in [7, 11) is 1.35. The zero-order valence-electron chi connectivity index (χ0n) is 10.2. The maximum atomic E-state index is 11.1. The fraction of sp³-hybridized carbons (Fsp3) is 0.500. The second-order valence-electron chi connectivity index (χ2n) is 3.84. The third-order valence-electron chi connectivity index (χ3n) is 2.28. The lowest BCUT2D eigenvalue weighted by molar-refractivity contribution is -0.142. The molecule has 0 saturated heterocycles. The zero-order chi connectivity index (χ0) is 12.7. The molecule has 0 spiro atoms. The van der Waals surface area contributed by atoms with E-state index in [2.05, 4.69) is 15.8 Å². The molecule has 1 atom stereocenters. The van der Waals surface area contributed by atoms with E-state index in [1.807, 2.05) is 19.3 Å². The Bertz CT molecular complexity index is 371. The second-order valence-corrected chi connectivity index (χ2v) is 4.95. The SMILES string of the molecule is COC(=O)C(N)CCSCc1cncc(C)c1. The van der Waals surface area contributed by atoms with Crippen LogP contribution >= 0.6 is 11.8 Å². The van der Waals surface area contributed by atoms with Crippen LogP contribution in [-0.2, 0) is 15.3 Å². The van der Waals surface area contributed by atoms with E-state index in [0.717, 1.165) is 17.1 Å². The van der Waals surface area contributed by atoms with Gasteiger partial charge >= 0.3 is 5.97 Å². The summed E-state index contributed by atoms with van der Waals surface area (Å²) in [6.45, 7) is 2.02. The van der Waals surface area contributed by atoms with Gasteiger partial charge in [0, 0.05) is 18.1 Å². The number of hydrogen-bond donors (Lipinski definition) is 1. The number of methoxy groups -OCH3 is 1. The Balaban J connectivity index is 2.22. The van der Waals surface area contributed by atoms with Crippen LogP contribution in [0.3, 0.4) is 0 Å². The van der Waals surface area contributed by atoms with Crippen molar-refractivity contribution in [1.82, 2.24) is 4.98 Å². The number of thioether (sulfide) groups is 1. The molecule has 0 aliphatic heterocycles. The molecule has 1 aromatic heterocycles. The second kappa shape index (κ2) is 7.29. The van der Waals surface area contributed by atoms with Gasteiger partial charge in [0.25, 0.3) is 0 Å². The molecule has 0 bridgehead atoms. The predicted octanol–water partition coefficient (Wildman–Crippen LogP) is 1.51. The minimum atomic E-state index is -0.511. The maximum Gasteiger partial charge on any atom is 0.322 e. The first-order chi connectivity index (χ1) is 8.13. The summed E-state index contributed by atoms with van der Waals surface area (Å²) in [4.78, 5) is 15.2. The number of carbonyl (C=O) groups excluding carboxylic acids is 1. The van der Waals surface area contributed by atoms with Gasteiger partial charge in [0.05, 0.1) is 7.11 Å². The van der Waals surface area contributed by atoms with E-state index in [4.69, 9.17) is 5.73 Å². The number of esters is 1. The van der Waals surface area contributed by atoms with Gasteiger partial charge in [-0.15, -0.1) is 0 Å². The number of nitrogens with zero attached hydrogens (tertiary/aromatic N) is 1. The Hall–Kier alpha value is -1.07. The van der Waals surface area contributed by atoms with Gasteiger partial charge in [-0.3, -0.25) is 9.78 Å². The largest absolute Gasteiger partial charge is 0.468 e. The number of pyridine rings is 1. The van der Waals surface area contributed by atoms with Crippen molar-refractivity contribution in [3.05, 3.63) is 29.6 Å². The minimum Gasteiger partial charge on any atom is -0.468 e. The van der Waals surface area contributed by atoms with Gasteiger partial charge in [0.1, 0.15) is 6.04 Å². The highest BCUT2D eigenvalue weighted by molar-refractivity contribution is 7.98. The molecular weight excluding hydrogens is 236 g/mol. The van der Waals surface area contributed by atoms with Gasteiger partial charge in [-0.25, -0.2) is 0 Å². The van der Waals surface area contributed by atoms with Crippen molar-refractivity contribution in [2.75, 3.05) is 12.9 Å². The summed E-state index contributed by atoms with van der Waals surface area (Å²) in [5.74, 6) is 1.38. The van der Waals surface area contributed by atoms with Crippen molar-refractivity contribution in [3.8, 4) is 0 Å². The molecule has 0 aliphatic carbocycles. The molecule has 0 radical (unpaired) electrons. The van der Waals surface area contributed by atoms with Crippen molar-refractivity contribution in [2.24, 2.45) is 5.73 Å². The number of carbonyl (C=O) groups is 1. The predicted molar refractivity (Wildman–Crippen MR) is 69.7 cm³/mol. The van der Waals surface area contributed by atoms with Gasteiger partial charge in [-0.1, -0.05) is 6.07 Å². The Morgan fingerprint density at radius 3 is 3.00 bits per heavy atom. The monoisotopic (exact) mass is 254 g/mol. The highest BCUT2D eigenvalue weighted by atomic mass is 32.2. The molecule has 1 rings (SSSR count). The normalized spacial score (nSPS) is 12.2. The number of rotatable bonds is 6. The van der Waals surface area contributed by atoms with Crippen LogP contribution < -0.4 is 5.73 Å². The highest BCUT2D eigenvalue weighted by Crippen LogP contribution is 2.13. The van der Waals surface area contributed by atoms with E-state index in [1.54, 1.807) is 11.8 Å². The fourth-order valence-corrected chi connectivity index (χ4v) is 2.32. The van der Waals surface area contributed by atoms with Crippen molar-refractivity contribution in [3.63, 3.8) is 0 Å². The maximum absolute atomic E-state index is 11.1. The van der Waals surface area contributed by atoms with E-state index in [-0.39, 0.29) is 5.97 Å². The van der Waals surface area contributed by atoms with E-state index < -0.39 is 6.04 Å². The molecule has 1 aromatic rings. The van der Waals surface area contributed by atoms with E-state index in [1.165, 1.54) is 12.7 Å². The van der Waals surface area contributed by atoms with Gasteiger partial charge in [-0.2, -0.15) is 11.8 Å². The Labute approximate surface area is 106 Å². The lowest BCUT2D eigenvalue weighted by atomic mass is 10.2. The first-order valence-corrected chi connectivity index (χ1v) is 6.60. The smallest absolute Gasteiger partial charge is 0.322 e. The van der Waals surface area contributed by atoms with Gasteiger partial charge < -0.3 is 10.5 Å². The molecule has 0 amide bonds. The van der Waals surface area contributed by atoms with Crippen LogP contribution in [0.4, 0.5) is 0 Å². The number of hydrogen-bond acceptors (Lipinski definition) is 5. The van der Waals surface area contributed by atoms with Crippen molar-refractivity contribution in [1.29, 1.82) is 0 Å². The molecule has 94 valence electrons. The first-order valence-electron chi connectivity index (χ1n) is 5.45. The summed E-state index contributed by atoms with van der Waals surface area (Å²) in [6.07, 6.45) is 4.33. The number of nitrogens with two attached hydrogens (primary N) is 1. The lowest BCUT2D eigenvalue weighted by Gasteiger charge is -2.08. The molecule has 2 N–H and O–H groups in total. The molecule has 1 heterocycles. The molecule has 5 heteroatoms. The topological polar surface area (TPSA) is 65.2 Å². The quantitative estimate of drug-likeness (QED) is 0.616. The van der Waals surface area contributed by atoms with E-state index in [9.17, 15) is 4.79 Å². The van der Waals surface area contributed by atoms with E-state index >= 15 is 0 Å². The molecule has 17 heavy (non-hydrogen) atoms. The van der Waals surface area contributed by atoms with Crippen LogP contribution in [0, 0.1) is 6.92 Å². The zero-order valence-corrected chi connectivity index (χ0v) is 11.0. The highest BCUT2D eigenvalue weighted by Gasteiger charge is 2.12. The Morgan fingerprint density at radius 2 is 2.35 bits per heavy atom. The van der Waals surface area contributed by atoms with Crippen LogP contribution in [0.25, 0.3) is 0 Å². The third kappa shape index (κ3) is 5.19. The minimum absolute atomic E-state index is 0.345. The van der Waals surface area contributed by atoms with Crippen LogP contribution in [0.2, 0.25) is 0 Å². The molecule has 0 saturated carbocycles. The van der Waals surface area contributed by atoms with Crippen molar-refractivity contribution < 1.29 is 9.53 Å². The average Bonchev–Trinajstić information content (AvgIpc) is 2.33. The van der Waals surface area contributed by atoms with Gasteiger partial charge in [0.15, 0.2) is 0 Å². The Kier molecular flexibility index (Phi) is 6.00. The number of aryl methyl sites for hydroxylation is 1. The van der Waals surface area contributed by atoms with E-state index in [0.29, 0.717) is 6.42 Å². The summed E-state index contributed by atoms with van der Waals surface area (Å²) in [6, 6.07) is 1.60. The van der Waals surface area contributed by atoms with Crippen LogP contribution in [0.5, 0.6) is 0 Å². The van der Waals surface area contributed by atoms with Crippen molar-refractivity contribution in [2.45, 2.75) is 25.1 Å². The standard InChI is InChI=1S/C12H18N2O2S/c1-9-5-10(7-14-6-9)8-17-4-3-11(13)12(15)16-2/h5-7,11H,3-4,8,13H2,1-2H3. The summed E-state index contributed by atoms with van der Waals surface area (Å²) in [5, 5.41) is 0. The lowest BCUT2D eigenvalue weighted by Crippen LogP contribution is -2.31. The molecule has 0 aliphatic rings. The van der Waals surface area contributed by atoms with Crippen LogP contribution in [0.1, 0.15) is 17.5 Å². The third-order valence-corrected chi connectivity index (χ3v) is 3.34. The molecular formula is C12H18N2O2S. The summed E-state index contributed by atoms with van der Waals surface area (Å²) in [5.41, 5.74) is 7.99. The molecule has 0 fully saturated rings. The van der Waals surface area contributed by atoms with Gasteiger partial charge in [0.2, 0.25) is 0 Å². The molecule has 1 unspecified atom stereocenters. The fourth-order valence-electron chi connectivity index (χ4n) is 1.37. The van der Waals surface area contributed by atoms with Gasteiger partial charge in [-0.05, 0) is 30.2 Å². The number of ether oxygens (including phenoxy) is 1. The molecule has 0 aromatic carbocycles.